The van der Waals surface area contributed by atoms with Crippen LogP contribution in [0.4, 0.5) is 14.5 Å². The Morgan fingerprint density at radius 1 is 1.14 bits per heavy atom. The SMILES string of the molecule is Cc1ccccc1CNS(=O)(=O)c1c(F)cc(N)cc1F. The zero-order valence-electron chi connectivity index (χ0n) is 11.2. The Kier molecular flexibility index (Phi) is 4.24. The van der Waals surface area contributed by atoms with Gasteiger partial charge in [0.05, 0.1) is 0 Å². The highest BCUT2D eigenvalue weighted by molar-refractivity contribution is 7.89. The van der Waals surface area contributed by atoms with E-state index in [9.17, 15) is 17.2 Å². The van der Waals surface area contributed by atoms with E-state index in [1.54, 1.807) is 12.1 Å². The molecule has 0 aliphatic carbocycles. The number of anilines is 1. The van der Waals surface area contributed by atoms with Gasteiger partial charge < -0.3 is 5.73 Å². The van der Waals surface area contributed by atoms with Crippen LogP contribution in [0.15, 0.2) is 41.3 Å². The minimum absolute atomic E-state index is 0.0573. The normalized spacial score (nSPS) is 11.6. The van der Waals surface area contributed by atoms with Crippen LogP contribution in [-0.4, -0.2) is 8.42 Å². The fraction of sp³-hybridized carbons (Fsp3) is 0.143. The molecule has 0 saturated heterocycles. The fourth-order valence-electron chi connectivity index (χ4n) is 1.89. The van der Waals surface area contributed by atoms with E-state index in [2.05, 4.69) is 4.72 Å². The van der Waals surface area contributed by atoms with E-state index in [-0.39, 0.29) is 12.2 Å². The molecule has 0 unspecified atom stereocenters. The Labute approximate surface area is 121 Å². The molecule has 0 aliphatic heterocycles. The predicted molar refractivity (Wildman–Crippen MR) is 76.0 cm³/mol. The molecule has 7 heteroatoms. The quantitative estimate of drug-likeness (QED) is 0.851. The van der Waals surface area contributed by atoms with Crippen LogP contribution in [0, 0.1) is 18.6 Å². The van der Waals surface area contributed by atoms with Crippen molar-refractivity contribution in [1.82, 2.24) is 4.72 Å². The van der Waals surface area contributed by atoms with Gasteiger partial charge in [-0.05, 0) is 30.2 Å². The molecule has 2 rings (SSSR count). The highest BCUT2D eigenvalue weighted by atomic mass is 32.2. The van der Waals surface area contributed by atoms with Crippen LogP contribution in [-0.2, 0) is 16.6 Å². The summed E-state index contributed by atoms with van der Waals surface area (Å²) in [6.07, 6.45) is 0. The van der Waals surface area contributed by atoms with Crippen LogP contribution in [0.5, 0.6) is 0 Å². The molecule has 0 atom stereocenters. The molecule has 21 heavy (non-hydrogen) atoms. The Morgan fingerprint density at radius 2 is 1.71 bits per heavy atom. The summed E-state index contributed by atoms with van der Waals surface area (Å²) >= 11 is 0. The third-order valence-corrected chi connectivity index (χ3v) is 4.46. The molecule has 0 saturated carbocycles. The molecular formula is C14H14F2N2O2S. The molecule has 0 aliphatic rings. The van der Waals surface area contributed by atoms with Gasteiger partial charge in [-0.2, -0.15) is 0 Å². The second-order valence-electron chi connectivity index (χ2n) is 4.56. The van der Waals surface area contributed by atoms with E-state index >= 15 is 0 Å². The lowest BCUT2D eigenvalue weighted by Gasteiger charge is -2.10. The summed E-state index contributed by atoms with van der Waals surface area (Å²) in [6, 6.07) is 8.64. The molecule has 0 spiro atoms. The predicted octanol–water partition coefficient (Wildman–Crippen LogP) is 2.33. The third kappa shape index (κ3) is 3.37. The molecular weight excluding hydrogens is 298 g/mol. The van der Waals surface area contributed by atoms with Crippen LogP contribution in [0.2, 0.25) is 0 Å². The zero-order valence-corrected chi connectivity index (χ0v) is 12.0. The Hall–Kier alpha value is -1.99. The van der Waals surface area contributed by atoms with Crippen LogP contribution in [0.3, 0.4) is 0 Å². The lowest BCUT2D eigenvalue weighted by molar-refractivity contribution is 0.514. The minimum atomic E-state index is -4.31. The van der Waals surface area contributed by atoms with E-state index in [4.69, 9.17) is 5.73 Å². The van der Waals surface area contributed by atoms with Crippen molar-refractivity contribution >= 4 is 15.7 Å². The number of hydrogen-bond donors (Lipinski definition) is 2. The zero-order chi connectivity index (χ0) is 15.6. The van der Waals surface area contributed by atoms with Gasteiger partial charge in [-0.1, -0.05) is 24.3 Å². The molecule has 0 amide bonds. The first kappa shape index (κ1) is 15.4. The number of nitrogens with two attached hydrogens (primary N) is 1. The molecule has 3 N–H and O–H groups in total. The van der Waals surface area contributed by atoms with Gasteiger partial charge in [0, 0.05) is 12.2 Å². The van der Waals surface area contributed by atoms with Crippen molar-refractivity contribution in [2.24, 2.45) is 0 Å². The highest BCUT2D eigenvalue weighted by Crippen LogP contribution is 2.22. The summed E-state index contributed by atoms with van der Waals surface area (Å²) in [7, 11) is -4.31. The minimum Gasteiger partial charge on any atom is -0.399 e. The topological polar surface area (TPSA) is 72.2 Å². The van der Waals surface area contributed by atoms with Gasteiger partial charge in [-0.15, -0.1) is 0 Å². The first-order chi connectivity index (χ1) is 9.81. The molecule has 0 bridgehead atoms. The average Bonchev–Trinajstić information content (AvgIpc) is 2.36. The van der Waals surface area contributed by atoms with Gasteiger partial charge >= 0.3 is 0 Å². The standard InChI is InChI=1S/C14H14F2N2O2S/c1-9-4-2-3-5-10(9)8-18-21(19,20)14-12(15)6-11(17)7-13(14)16/h2-7,18H,8,17H2,1H3. The first-order valence-corrected chi connectivity index (χ1v) is 7.58. The average molecular weight is 312 g/mol. The number of aryl methyl sites for hydroxylation is 1. The molecule has 0 heterocycles. The van der Waals surface area contributed by atoms with Gasteiger partial charge in [-0.25, -0.2) is 21.9 Å². The Bertz CT molecular complexity index is 753. The number of sulfonamides is 1. The van der Waals surface area contributed by atoms with E-state index in [1.165, 1.54) is 0 Å². The largest absolute Gasteiger partial charge is 0.399 e. The summed E-state index contributed by atoms with van der Waals surface area (Å²) in [5, 5.41) is 0. The first-order valence-electron chi connectivity index (χ1n) is 6.10. The number of nitrogens with one attached hydrogen (secondary N) is 1. The summed E-state index contributed by atoms with van der Waals surface area (Å²) in [4.78, 5) is -1.02. The summed E-state index contributed by atoms with van der Waals surface area (Å²) in [5.41, 5.74) is 6.68. The van der Waals surface area contributed by atoms with Gasteiger partial charge in [0.2, 0.25) is 10.0 Å². The van der Waals surface area contributed by atoms with Crippen molar-refractivity contribution in [3.63, 3.8) is 0 Å². The smallest absolute Gasteiger partial charge is 0.246 e. The number of hydrogen-bond acceptors (Lipinski definition) is 3. The van der Waals surface area contributed by atoms with E-state index in [0.717, 1.165) is 23.3 Å². The number of nitrogen functional groups attached to an aromatic ring is 1. The van der Waals surface area contributed by atoms with Crippen molar-refractivity contribution in [2.45, 2.75) is 18.4 Å². The molecule has 2 aromatic rings. The molecule has 112 valence electrons. The highest BCUT2D eigenvalue weighted by Gasteiger charge is 2.24. The molecule has 2 aromatic carbocycles. The second-order valence-corrected chi connectivity index (χ2v) is 6.27. The van der Waals surface area contributed by atoms with Gasteiger partial charge in [0.25, 0.3) is 0 Å². The lowest BCUT2D eigenvalue weighted by Crippen LogP contribution is -2.25. The van der Waals surface area contributed by atoms with Crippen molar-refractivity contribution in [3.05, 3.63) is 59.2 Å². The van der Waals surface area contributed by atoms with E-state index < -0.39 is 26.6 Å². The van der Waals surface area contributed by atoms with Crippen molar-refractivity contribution in [3.8, 4) is 0 Å². The Balaban J connectivity index is 2.30. The van der Waals surface area contributed by atoms with E-state index in [0.29, 0.717) is 0 Å². The third-order valence-electron chi connectivity index (χ3n) is 3.00. The summed E-state index contributed by atoms with van der Waals surface area (Å²) in [6.45, 7) is 1.76. The molecule has 0 aromatic heterocycles. The van der Waals surface area contributed by atoms with E-state index in [1.807, 2.05) is 19.1 Å². The lowest BCUT2D eigenvalue weighted by atomic mass is 10.1. The molecule has 4 nitrogen and oxygen atoms in total. The van der Waals surface area contributed by atoms with Crippen molar-refractivity contribution < 1.29 is 17.2 Å². The molecule has 0 fully saturated rings. The number of benzene rings is 2. The van der Waals surface area contributed by atoms with Gasteiger partial charge in [0.15, 0.2) is 4.90 Å². The number of rotatable bonds is 4. The second kappa shape index (κ2) is 5.79. The van der Waals surface area contributed by atoms with Crippen LogP contribution >= 0.6 is 0 Å². The maximum Gasteiger partial charge on any atom is 0.246 e. The maximum atomic E-state index is 13.7. The van der Waals surface area contributed by atoms with Gasteiger partial charge in [0.1, 0.15) is 11.6 Å². The number of halogens is 2. The van der Waals surface area contributed by atoms with Crippen LogP contribution in [0.25, 0.3) is 0 Å². The Morgan fingerprint density at radius 3 is 2.29 bits per heavy atom. The molecule has 0 radical (unpaired) electrons. The van der Waals surface area contributed by atoms with Crippen LogP contribution in [0.1, 0.15) is 11.1 Å². The summed E-state index contributed by atoms with van der Waals surface area (Å²) in [5.74, 6) is -2.44. The maximum absolute atomic E-state index is 13.7. The fourth-order valence-corrected chi connectivity index (χ4v) is 3.01. The van der Waals surface area contributed by atoms with Crippen molar-refractivity contribution in [2.75, 3.05) is 5.73 Å². The van der Waals surface area contributed by atoms with Gasteiger partial charge in [-0.3, -0.25) is 0 Å². The van der Waals surface area contributed by atoms with Crippen molar-refractivity contribution in [1.29, 1.82) is 0 Å². The summed E-state index contributed by atoms with van der Waals surface area (Å²) < 4.78 is 53.6. The van der Waals surface area contributed by atoms with Crippen LogP contribution < -0.4 is 10.5 Å². The monoisotopic (exact) mass is 312 g/mol.